The molecule has 0 aliphatic rings. The largest absolute Gasteiger partial charge is 0.335 e. The first-order valence-corrected chi connectivity index (χ1v) is 4.08. The molecule has 0 heterocycles. The molecular weight excluding hydrogens is 142 g/mol. The lowest BCUT2D eigenvalue weighted by Gasteiger charge is -2.31. The van der Waals surface area contributed by atoms with Gasteiger partial charge in [0.15, 0.2) is 13.5 Å². The maximum Gasteiger partial charge on any atom is 0.184 e. The van der Waals surface area contributed by atoms with Gasteiger partial charge in [-0.15, -0.1) is 0 Å². The van der Waals surface area contributed by atoms with E-state index in [2.05, 4.69) is 14.0 Å². The fourth-order valence-corrected chi connectivity index (χ4v) is 0.843. The van der Waals surface area contributed by atoms with Gasteiger partial charge in [-0.25, -0.2) is 0 Å². The van der Waals surface area contributed by atoms with Gasteiger partial charge in [0.2, 0.25) is 0 Å². The van der Waals surface area contributed by atoms with E-state index in [1.165, 1.54) is 0 Å². The van der Waals surface area contributed by atoms with Crippen LogP contribution >= 0.6 is 0 Å². The van der Waals surface area contributed by atoms with Crippen LogP contribution in [0.15, 0.2) is 0 Å². The second kappa shape index (κ2) is 5.52. The van der Waals surface area contributed by atoms with Gasteiger partial charge in [-0.2, -0.15) is 0 Å². The molecule has 1 atom stereocenters. The van der Waals surface area contributed by atoms with Crippen LogP contribution in [0.3, 0.4) is 0 Å². The van der Waals surface area contributed by atoms with Crippen LogP contribution in [-0.4, -0.2) is 45.3 Å². The van der Waals surface area contributed by atoms with Crippen LogP contribution in [-0.2, 0) is 9.47 Å². The Kier molecular flexibility index (Phi) is 5.46. The van der Waals surface area contributed by atoms with E-state index < -0.39 is 0 Å². The van der Waals surface area contributed by atoms with Crippen LogP contribution in [0, 0.1) is 0 Å². The number of quaternary nitrogens is 1. The summed E-state index contributed by atoms with van der Waals surface area (Å²) >= 11 is 0. The molecule has 0 aliphatic heterocycles. The summed E-state index contributed by atoms with van der Waals surface area (Å²) in [5.74, 6) is 0. The molecule has 0 saturated heterocycles. The van der Waals surface area contributed by atoms with Crippen molar-refractivity contribution in [3.8, 4) is 0 Å². The summed E-state index contributed by atoms with van der Waals surface area (Å²) in [6, 6.07) is 0. The molecule has 0 aromatic carbocycles. The minimum Gasteiger partial charge on any atom is -0.335 e. The summed E-state index contributed by atoms with van der Waals surface area (Å²) < 4.78 is 11.2. The maximum absolute atomic E-state index is 5.33. The lowest BCUT2D eigenvalue weighted by atomic mass is 10.5. The van der Waals surface area contributed by atoms with Crippen LogP contribution < -0.4 is 0 Å². The average Bonchev–Trinajstić information content (AvgIpc) is 2.02. The Hall–Kier alpha value is -0.120. The molecule has 0 aliphatic carbocycles. The Balaban J connectivity index is 3.68. The van der Waals surface area contributed by atoms with E-state index in [1.54, 1.807) is 7.11 Å². The Morgan fingerprint density at radius 3 is 2.18 bits per heavy atom. The third kappa shape index (κ3) is 4.35. The van der Waals surface area contributed by atoms with E-state index in [0.717, 1.165) is 31.1 Å². The van der Waals surface area contributed by atoms with Crippen molar-refractivity contribution < 1.29 is 14.0 Å². The number of ether oxygens (including phenoxy) is 2. The molecule has 0 bridgehead atoms. The van der Waals surface area contributed by atoms with Crippen molar-refractivity contribution in [3.63, 3.8) is 0 Å². The molecule has 0 spiro atoms. The van der Waals surface area contributed by atoms with Gasteiger partial charge in [0.25, 0.3) is 0 Å². The van der Waals surface area contributed by atoms with Gasteiger partial charge in [0, 0.05) is 13.7 Å². The fourth-order valence-electron chi connectivity index (χ4n) is 0.843. The Morgan fingerprint density at radius 2 is 1.82 bits per heavy atom. The van der Waals surface area contributed by atoms with Gasteiger partial charge < -0.3 is 9.47 Å². The highest BCUT2D eigenvalue weighted by molar-refractivity contribution is 4.20. The van der Waals surface area contributed by atoms with Crippen molar-refractivity contribution in [2.75, 3.05) is 40.8 Å². The first-order valence-electron chi connectivity index (χ1n) is 4.08. The molecular formula is C8H20NO2+. The standard InChI is InChI=1S/C8H20NO2/c1-5-9(3,7-10-4)8-11-6-2/h5-8H2,1-4H3/q+1. The van der Waals surface area contributed by atoms with Crippen molar-refractivity contribution >= 4 is 0 Å². The molecule has 3 nitrogen and oxygen atoms in total. The highest BCUT2D eigenvalue weighted by atomic mass is 16.5. The average molecular weight is 162 g/mol. The quantitative estimate of drug-likeness (QED) is 0.429. The summed E-state index contributed by atoms with van der Waals surface area (Å²) in [7, 11) is 3.84. The lowest BCUT2D eigenvalue weighted by Crippen LogP contribution is -2.46. The molecule has 0 aromatic rings. The Labute approximate surface area is 69.5 Å². The number of hydrogen-bond donors (Lipinski definition) is 0. The fraction of sp³-hybridized carbons (Fsp3) is 1.00. The Morgan fingerprint density at radius 1 is 1.18 bits per heavy atom. The van der Waals surface area contributed by atoms with Gasteiger partial charge in [0.05, 0.1) is 13.6 Å². The molecule has 0 rings (SSSR count). The third-order valence-electron chi connectivity index (χ3n) is 1.81. The van der Waals surface area contributed by atoms with E-state index >= 15 is 0 Å². The van der Waals surface area contributed by atoms with Crippen LogP contribution in [0.1, 0.15) is 13.8 Å². The monoisotopic (exact) mass is 162 g/mol. The molecule has 1 unspecified atom stereocenters. The van der Waals surface area contributed by atoms with Gasteiger partial charge in [-0.3, -0.25) is 4.48 Å². The van der Waals surface area contributed by atoms with Gasteiger partial charge >= 0.3 is 0 Å². The van der Waals surface area contributed by atoms with E-state index in [1.807, 2.05) is 6.92 Å². The smallest absolute Gasteiger partial charge is 0.184 e. The zero-order valence-electron chi connectivity index (χ0n) is 8.09. The van der Waals surface area contributed by atoms with Crippen LogP contribution in [0.25, 0.3) is 0 Å². The van der Waals surface area contributed by atoms with Crippen molar-refractivity contribution in [2.45, 2.75) is 13.8 Å². The normalized spacial score (nSPS) is 16.4. The molecule has 11 heavy (non-hydrogen) atoms. The number of methoxy groups -OCH3 is 1. The minimum atomic E-state index is 0.719. The molecule has 0 fully saturated rings. The van der Waals surface area contributed by atoms with Crippen molar-refractivity contribution in [3.05, 3.63) is 0 Å². The molecule has 0 aromatic heterocycles. The highest BCUT2D eigenvalue weighted by Gasteiger charge is 2.17. The summed E-state index contributed by atoms with van der Waals surface area (Å²) in [5, 5.41) is 0. The van der Waals surface area contributed by atoms with Crippen molar-refractivity contribution in [1.82, 2.24) is 0 Å². The maximum atomic E-state index is 5.33. The van der Waals surface area contributed by atoms with Crippen LogP contribution in [0.2, 0.25) is 0 Å². The summed E-state index contributed by atoms with van der Waals surface area (Å²) in [6.45, 7) is 7.41. The topological polar surface area (TPSA) is 18.5 Å². The number of hydrogen-bond acceptors (Lipinski definition) is 2. The minimum absolute atomic E-state index is 0.719. The van der Waals surface area contributed by atoms with Crippen LogP contribution in [0.4, 0.5) is 0 Å². The second-order valence-corrected chi connectivity index (χ2v) is 2.98. The second-order valence-electron chi connectivity index (χ2n) is 2.98. The predicted molar refractivity (Wildman–Crippen MR) is 45.1 cm³/mol. The first kappa shape index (κ1) is 10.9. The van der Waals surface area contributed by atoms with E-state index in [4.69, 9.17) is 9.47 Å². The van der Waals surface area contributed by atoms with Gasteiger partial charge in [-0.1, -0.05) is 0 Å². The zero-order chi connectivity index (χ0) is 8.74. The van der Waals surface area contributed by atoms with Crippen molar-refractivity contribution in [1.29, 1.82) is 0 Å². The molecule has 68 valence electrons. The van der Waals surface area contributed by atoms with E-state index in [-0.39, 0.29) is 0 Å². The summed E-state index contributed by atoms with van der Waals surface area (Å²) in [6.07, 6.45) is 0. The van der Waals surface area contributed by atoms with E-state index in [0.29, 0.717) is 0 Å². The SMILES string of the molecule is CCOC[N+](C)(CC)COC. The molecule has 3 heteroatoms. The summed E-state index contributed by atoms with van der Waals surface area (Å²) in [4.78, 5) is 0. The van der Waals surface area contributed by atoms with Gasteiger partial charge in [0.1, 0.15) is 0 Å². The number of rotatable bonds is 6. The molecule has 0 N–H and O–H groups in total. The zero-order valence-corrected chi connectivity index (χ0v) is 8.09. The molecule has 0 amide bonds. The van der Waals surface area contributed by atoms with E-state index in [9.17, 15) is 0 Å². The van der Waals surface area contributed by atoms with Crippen molar-refractivity contribution in [2.24, 2.45) is 0 Å². The molecule has 0 saturated carbocycles. The van der Waals surface area contributed by atoms with Gasteiger partial charge in [-0.05, 0) is 13.8 Å². The molecule has 0 radical (unpaired) electrons. The predicted octanol–water partition coefficient (Wildman–Crippen LogP) is 1.05. The lowest BCUT2D eigenvalue weighted by molar-refractivity contribution is -0.943. The Bertz CT molecular complexity index is 98.1. The highest BCUT2D eigenvalue weighted by Crippen LogP contribution is 2.01. The third-order valence-corrected chi connectivity index (χ3v) is 1.81. The summed E-state index contributed by atoms with van der Waals surface area (Å²) in [5.41, 5.74) is 0. The van der Waals surface area contributed by atoms with Crippen LogP contribution in [0.5, 0.6) is 0 Å². The first-order chi connectivity index (χ1) is 5.18. The number of nitrogens with zero attached hydrogens (tertiary/aromatic N) is 1.